The van der Waals surface area contributed by atoms with Crippen molar-refractivity contribution in [1.82, 2.24) is 0 Å². The number of aryl methyl sites for hydroxylation is 1. The number of hydrogen-bond acceptors (Lipinski definition) is 7. The molecule has 1 aliphatic heterocycles. The Balaban J connectivity index is 0.000000158. The number of allylic oxidation sites excluding steroid dienone is 1. The first-order valence-electron chi connectivity index (χ1n) is 24.4. The maximum absolute atomic E-state index is 13.5. The minimum atomic E-state index is -0.902. The van der Waals surface area contributed by atoms with E-state index < -0.39 is 11.4 Å². The monoisotopic (exact) mass is 833 g/mol. The number of hydrogen-bond donors (Lipinski definition) is 1. The van der Waals surface area contributed by atoms with E-state index in [2.05, 4.69) is 33.8 Å². The van der Waals surface area contributed by atoms with E-state index in [9.17, 15) is 19.5 Å². The maximum Gasteiger partial charge on any atom is 0.306 e. The maximum atomic E-state index is 13.5. The molecule has 0 spiro atoms. The van der Waals surface area contributed by atoms with Crippen LogP contribution in [0.5, 0.6) is 5.75 Å². The molecule has 10 rings (SSSR count). The van der Waals surface area contributed by atoms with Crippen molar-refractivity contribution in [2.75, 3.05) is 0 Å². The molecule has 0 aromatic heterocycles. The van der Waals surface area contributed by atoms with E-state index in [0.717, 1.165) is 76.2 Å². The van der Waals surface area contributed by atoms with Crippen LogP contribution in [0.1, 0.15) is 173 Å². The predicted molar refractivity (Wildman–Crippen MR) is 237 cm³/mol. The third-order valence-electron chi connectivity index (χ3n) is 18.8. The fraction of sp³-hybridized carbons (Fsp3) is 0.685. The molecule has 1 unspecified atom stereocenters. The van der Waals surface area contributed by atoms with Gasteiger partial charge in [-0.05, 0) is 168 Å². The quantitative estimate of drug-likeness (QED) is 0.209. The van der Waals surface area contributed by atoms with Crippen LogP contribution in [0.4, 0.5) is 0 Å². The highest BCUT2D eigenvalue weighted by molar-refractivity contribution is 5.91. The zero-order valence-electron chi connectivity index (χ0n) is 37.9. The standard InChI is InChI=1S/C29H36O4.C25H36O3/c1-18(30)29-25(32-28(4,33-29)19-8-6-5-7-9-19)17-24-22-11-10-20-16-21(31)12-14-26(20,2)23(22)13-15-27(24,29)3;1-3-4-5-6-7-24(27)28-23-13-12-22-21-10-8-17-16-18(26)9-11-19(17)20(21)14-15-25(22,23)2/h5-9,16,22-25H,10-15,17H2,1-4H3;9,11,16,20-23,26H,3-8,10,12-15H2,1-2H3/t22-,23+,24+,25-,26+,27+,28?,29-;20-,21-,22+,23+,25+/m11/s1. The number of Topliss-reactive ketones (excluding diaryl/α,β-unsaturated/α-hetero) is 1. The third-order valence-corrected chi connectivity index (χ3v) is 18.8. The largest absolute Gasteiger partial charge is 0.508 e. The minimum absolute atomic E-state index is 0.0227. The molecule has 8 aliphatic rings. The molecule has 0 radical (unpaired) electrons. The number of unbranched alkanes of at least 4 members (excludes halogenated alkanes) is 3. The molecule has 330 valence electrons. The van der Waals surface area contributed by atoms with Gasteiger partial charge in [0.1, 0.15) is 11.9 Å². The highest BCUT2D eigenvalue weighted by atomic mass is 16.8. The molecule has 1 N–H and O–H groups in total. The van der Waals surface area contributed by atoms with Crippen LogP contribution in [0, 0.1) is 45.8 Å². The Morgan fingerprint density at radius 2 is 1.61 bits per heavy atom. The van der Waals surface area contributed by atoms with Gasteiger partial charge in [-0.3, -0.25) is 14.4 Å². The normalized spacial score (nSPS) is 41.6. The molecule has 6 fully saturated rings. The number of aromatic hydroxyl groups is 1. The summed E-state index contributed by atoms with van der Waals surface area (Å²) in [5.74, 6) is 3.43. The van der Waals surface area contributed by atoms with Gasteiger partial charge in [-0.15, -0.1) is 0 Å². The van der Waals surface area contributed by atoms with Crippen LogP contribution in [0.25, 0.3) is 0 Å². The number of fused-ring (bicyclic) bond motifs is 12. The van der Waals surface area contributed by atoms with Gasteiger partial charge in [0.15, 0.2) is 23.0 Å². The van der Waals surface area contributed by atoms with Gasteiger partial charge in [0.05, 0.1) is 6.10 Å². The summed E-state index contributed by atoms with van der Waals surface area (Å²) >= 11 is 0. The van der Waals surface area contributed by atoms with Crippen LogP contribution in [-0.4, -0.2) is 40.5 Å². The van der Waals surface area contributed by atoms with Crippen LogP contribution in [-0.2, 0) is 40.8 Å². The van der Waals surface area contributed by atoms with Crippen molar-refractivity contribution in [3.8, 4) is 5.75 Å². The van der Waals surface area contributed by atoms with Crippen LogP contribution < -0.4 is 0 Å². The van der Waals surface area contributed by atoms with Crippen molar-refractivity contribution < 1.29 is 33.7 Å². The number of rotatable bonds is 8. The predicted octanol–water partition coefficient (Wildman–Crippen LogP) is 11.9. The number of ether oxygens (including phenoxy) is 3. The van der Waals surface area contributed by atoms with E-state index in [1.165, 1.54) is 48.8 Å². The summed E-state index contributed by atoms with van der Waals surface area (Å²) in [6.45, 7) is 13.0. The fourth-order valence-corrected chi connectivity index (χ4v) is 15.7. The van der Waals surface area contributed by atoms with Gasteiger partial charge in [-0.2, -0.15) is 0 Å². The lowest BCUT2D eigenvalue weighted by atomic mass is 9.46. The first kappa shape index (κ1) is 43.0. The van der Waals surface area contributed by atoms with Gasteiger partial charge in [0.25, 0.3) is 0 Å². The van der Waals surface area contributed by atoms with E-state index in [-0.39, 0.29) is 40.2 Å². The topological polar surface area (TPSA) is 99.1 Å². The van der Waals surface area contributed by atoms with Crippen LogP contribution >= 0.6 is 0 Å². The zero-order chi connectivity index (χ0) is 43.0. The molecule has 1 saturated heterocycles. The SMILES string of the molecule is CC(=O)[C@@]12OC(C)(c3ccccc3)O[C@@H]1C[C@H]1[C@@H]3CCC4=CC(=O)CC[C@]4(C)[C@H]3CC[C@@]12C.CCCCCCC(=O)O[C@H]1CC[C@H]2[C@@H]3CCc4cc(O)ccc4[C@H]3CC[C@]12C. The van der Waals surface area contributed by atoms with Crippen molar-refractivity contribution in [2.45, 2.75) is 187 Å². The molecule has 0 amide bonds. The number of phenols is 1. The number of phenolic OH excluding ortho intramolecular Hbond substituents is 1. The average Bonchev–Trinajstić information content (AvgIpc) is 3.84. The summed E-state index contributed by atoms with van der Waals surface area (Å²) in [5.41, 5.74) is 4.30. The molecular weight excluding hydrogens is 761 g/mol. The summed E-state index contributed by atoms with van der Waals surface area (Å²) in [6, 6.07) is 16.0. The van der Waals surface area contributed by atoms with E-state index in [0.29, 0.717) is 59.9 Å². The number of esters is 1. The molecule has 2 aromatic carbocycles. The molecule has 13 atom stereocenters. The smallest absolute Gasteiger partial charge is 0.306 e. The first-order chi connectivity index (χ1) is 29.2. The van der Waals surface area contributed by atoms with Crippen LogP contribution in [0.2, 0.25) is 0 Å². The Labute approximate surface area is 365 Å². The average molecular weight is 833 g/mol. The highest BCUT2D eigenvalue weighted by Crippen LogP contribution is 2.71. The third kappa shape index (κ3) is 6.91. The van der Waals surface area contributed by atoms with Crippen molar-refractivity contribution in [3.63, 3.8) is 0 Å². The Bertz CT molecular complexity index is 2040. The molecule has 5 saturated carbocycles. The lowest BCUT2D eigenvalue weighted by Gasteiger charge is -2.59. The Hall–Kier alpha value is -3.29. The molecule has 2 aromatic rings. The van der Waals surface area contributed by atoms with Gasteiger partial charge in [0, 0.05) is 29.2 Å². The van der Waals surface area contributed by atoms with Gasteiger partial charge < -0.3 is 19.3 Å². The summed E-state index contributed by atoms with van der Waals surface area (Å²) in [6.07, 6.45) is 20.5. The second-order valence-electron chi connectivity index (χ2n) is 21.7. The van der Waals surface area contributed by atoms with Crippen molar-refractivity contribution >= 4 is 17.5 Å². The lowest BCUT2D eigenvalue weighted by molar-refractivity contribution is -0.227. The number of ketones is 2. The second kappa shape index (κ2) is 16.1. The van der Waals surface area contributed by atoms with Crippen molar-refractivity contribution in [1.29, 1.82) is 0 Å². The summed E-state index contributed by atoms with van der Waals surface area (Å²) < 4.78 is 19.6. The molecule has 61 heavy (non-hydrogen) atoms. The lowest BCUT2D eigenvalue weighted by Crippen LogP contribution is -2.59. The summed E-state index contributed by atoms with van der Waals surface area (Å²) in [4.78, 5) is 38.0. The van der Waals surface area contributed by atoms with Gasteiger partial charge in [0.2, 0.25) is 0 Å². The summed E-state index contributed by atoms with van der Waals surface area (Å²) in [7, 11) is 0. The molecule has 7 heteroatoms. The van der Waals surface area contributed by atoms with Gasteiger partial charge in [-0.1, -0.05) is 88.9 Å². The Kier molecular flexibility index (Phi) is 11.3. The van der Waals surface area contributed by atoms with Gasteiger partial charge >= 0.3 is 5.97 Å². The van der Waals surface area contributed by atoms with E-state index in [1.807, 2.05) is 55.5 Å². The Morgan fingerprint density at radius 3 is 2.38 bits per heavy atom. The van der Waals surface area contributed by atoms with Crippen LogP contribution in [0.3, 0.4) is 0 Å². The minimum Gasteiger partial charge on any atom is -0.508 e. The molecule has 7 aliphatic carbocycles. The molecule has 7 nitrogen and oxygen atoms in total. The summed E-state index contributed by atoms with van der Waals surface area (Å²) in [5, 5.41) is 9.84. The van der Waals surface area contributed by atoms with E-state index >= 15 is 0 Å². The second-order valence-corrected chi connectivity index (χ2v) is 21.7. The van der Waals surface area contributed by atoms with Crippen molar-refractivity contribution in [3.05, 3.63) is 76.9 Å². The number of carbonyl (C=O) groups excluding carboxylic acids is 3. The first-order valence-corrected chi connectivity index (χ1v) is 24.4. The molecular formula is C54H72O7. The molecule has 0 bridgehead atoms. The molecule has 1 heterocycles. The Morgan fingerprint density at radius 1 is 0.820 bits per heavy atom. The van der Waals surface area contributed by atoms with Crippen molar-refractivity contribution in [2.24, 2.45) is 45.8 Å². The van der Waals surface area contributed by atoms with E-state index in [1.54, 1.807) is 6.92 Å². The van der Waals surface area contributed by atoms with E-state index in [4.69, 9.17) is 14.2 Å². The zero-order valence-corrected chi connectivity index (χ0v) is 37.9. The number of carbonyl (C=O) groups is 3. The van der Waals surface area contributed by atoms with Gasteiger partial charge in [-0.25, -0.2) is 0 Å². The highest BCUT2D eigenvalue weighted by Gasteiger charge is 2.75. The number of benzene rings is 2. The fourth-order valence-electron chi connectivity index (χ4n) is 15.7. The van der Waals surface area contributed by atoms with Crippen LogP contribution in [0.15, 0.2) is 60.2 Å².